The fourth-order valence-electron chi connectivity index (χ4n) is 1.57. The Morgan fingerprint density at radius 1 is 1.28 bits per heavy atom. The molecule has 3 nitrogen and oxygen atoms in total. The molecule has 0 amide bonds. The van der Waals surface area contributed by atoms with Crippen LogP contribution in [0.4, 0.5) is 0 Å². The Hall–Kier alpha value is -1.52. The van der Waals surface area contributed by atoms with E-state index in [1.807, 2.05) is 26.0 Å². The smallest absolute Gasteiger partial charge is 0.345 e. The molecule has 0 aliphatic rings. The lowest BCUT2D eigenvalue weighted by atomic mass is 10.1. The van der Waals surface area contributed by atoms with Crippen LogP contribution in [0.1, 0.15) is 20.8 Å². The summed E-state index contributed by atoms with van der Waals surface area (Å²) in [5.74, 6) is -0.286. The van der Waals surface area contributed by atoms with Crippen LogP contribution in [0.2, 0.25) is 5.02 Å². The molecule has 0 aliphatic heterocycles. The molecule has 0 saturated carbocycles. The lowest BCUT2D eigenvalue weighted by Gasteiger charge is -2.07. The summed E-state index contributed by atoms with van der Waals surface area (Å²) in [6.45, 7) is 3.80. The first-order chi connectivity index (χ1) is 8.47. The summed E-state index contributed by atoms with van der Waals surface area (Å²) in [5.41, 5.74) is 1.86. The molecule has 2 rings (SSSR count). The number of carboxylic acid groups (broad SMARTS) is 1. The second-order valence-corrected chi connectivity index (χ2v) is 5.32. The normalized spacial score (nSPS) is 10.4. The van der Waals surface area contributed by atoms with Crippen molar-refractivity contribution >= 4 is 28.9 Å². The van der Waals surface area contributed by atoms with Crippen LogP contribution < -0.4 is 4.74 Å². The van der Waals surface area contributed by atoms with Gasteiger partial charge in [-0.3, -0.25) is 0 Å². The fraction of sp³-hybridized carbons (Fsp3) is 0.154. The average Bonchev–Trinajstić information content (AvgIpc) is 2.74. The van der Waals surface area contributed by atoms with Crippen molar-refractivity contribution in [2.75, 3.05) is 0 Å². The zero-order valence-electron chi connectivity index (χ0n) is 9.86. The Morgan fingerprint density at radius 2 is 1.89 bits per heavy atom. The Labute approximate surface area is 114 Å². The van der Waals surface area contributed by atoms with Crippen molar-refractivity contribution in [3.05, 3.63) is 45.3 Å². The standard InChI is InChI=1S/C13H11ClO3S/c1-7-5-9(6-8(2)12(7)14)17-11-4-3-10(18-11)13(15)16/h3-6H,1-2H3,(H,15,16). The van der Waals surface area contributed by atoms with E-state index in [1.165, 1.54) is 6.07 Å². The third-order valence-electron chi connectivity index (χ3n) is 2.42. The number of thiophene rings is 1. The Kier molecular flexibility index (Phi) is 3.59. The van der Waals surface area contributed by atoms with Gasteiger partial charge in [-0.15, -0.1) is 0 Å². The van der Waals surface area contributed by atoms with Gasteiger partial charge >= 0.3 is 5.97 Å². The second-order valence-electron chi connectivity index (χ2n) is 3.90. The number of rotatable bonds is 3. The van der Waals surface area contributed by atoms with Crippen LogP contribution in [0.5, 0.6) is 10.8 Å². The molecule has 0 bridgehead atoms. The van der Waals surface area contributed by atoms with E-state index in [1.54, 1.807) is 6.07 Å². The quantitative estimate of drug-likeness (QED) is 0.901. The van der Waals surface area contributed by atoms with Gasteiger partial charge < -0.3 is 9.84 Å². The van der Waals surface area contributed by atoms with E-state index < -0.39 is 5.97 Å². The average molecular weight is 283 g/mol. The van der Waals surface area contributed by atoms with Crippen molar-refractivity contribution in [2.45, 2.75) is 13.8 Å². The molecule has 1 heterocycles. The maximum Gasteiger partial charge on any atom is 0.345 e. The van der Waals surface area contributed by atoms with E-state index in [4.69, 9.17) is 21.4 Å². The van der Waals surface area contributed by atoms with Gasteiger partial charge in [-0.25, -0.2) is 4.79 Å². The maximum absolute atomic E-state index is 10.8. The summed E-state index contributed by atoms with van der Waals surface area (Å²) >= 11 is 7.16. The van der Waals surface area contributed by atoms with Crippen LogP contribution in [-0.2, 0) is 0 Å². The van der Waals surface area contributed by atoms with E-state index in [0.29, 0.717) is 10.8 Å². The maximum atomic E-state index is 10.8. The highest BCUT2D eigenvalue weighted by Gasteiger charge is 2.09. The third-order valence-corrected chi connectivity index (χ3v) is 3.97. The molecule has 0 aliphatic carbocycles. The summed E-state index contributed by atoms with van der Waals surface area (Å²) in [6.07, 6.45) is 0. The minimum Gasteiger partial charge on any atom is -0.477 e. The molecular formula is C13H11ClO3S. The molecule has 2 aromatic rings. The highest BCUT2D eigenvalue weighted by Crippen LogP contribution is 2.32. The highest BCUT2D eigenvalue weighted by molar-refractivity contribution is 7.15. The molecule has 94 valence electrons. The largest absolute Gasteiger partial charge is 0.477 e. The van der Waals surface area contributed by atoms with Gasteiger partial charge in [0.25, 0.3) is 0 Å². The lowest BCUT2D eigenvalue weighted by molar-refractivity contribution is 0.0702. The van der Waals surface area contributed by atoms with Crippen LogP contribution in [0.15, 0.2) is 24.3 Å². The monoisotopic (exact) mass is 282 g/mol. The highest BCUT2D eigenvalue weighted by atomic mass is 35.5. The number of halogens is 1. The molecular weight excluding hydrogens is 272 g/mol. The third kappa shape index (κ3) is 2.66. The first-order valence-electron chi connectivity index (χ1n) is 5.25. The topological polar surface area (TPSA) is 46.5 Å². The van der Waals surface area contributed by atoms with Crippen molar-refractivity contribution in [2.24, 2.45) is 0 Å². The molecule has 0 fully saturated rings. The molecule has 1 aromatic carbocycles. The van der Waals surface area contributed by atoms with E-state index in [-0.39, 0.29) is 4.88 Å². The molecule has 1 N–H and O–H groups in total. The summed E-state index contributed by atoms with van der Waals surface area (Å²) in [7, 11) is 0. The van der Waals surface area contributed by atoms with E-state index in [9.17, 15) is 4.79 Å². The van der Waals surface area contributed by atoms with E-state index in [2.05, 4.69) is 0 Å². The Balaban J connectivity index is 2.25. The summed E-state index contributed by atoms with van der Waals surface area (Å²) in [6, 6.07) is 6.83. The number of carboxylic acids is 1. The Bertz CT molecular complexity index is 581. The van der Waals surface area contributed by atoms with Crippen LogP contribution in [-0.4, -0.2) is 11.1 Å². The number of aryl methyl sites for hydroxylation is 2. The van der Waals surface area contributed by atoms with Gasteiger partial charge in [0.15, 0.2) is 5.06 Å². The number of hydrogen-bond donors (Lipinski definition) is 1. The van der Waals surface area contributed by atoms with Crippen LogP contribution >= 0.6 is 22.9 Å². The van der Waals surface area contributed by atoms with Crippen molar-refractivity contribution in [3.8, 4) is 10.8 Å². The first-order valence-corrected chi connectivity index (χ1v) is 6.44. The van der Waals surface area contributed by atoms with Crippen LogP contribution in [0.25, 0.3) is 0 Å². The second kappa shape index (κ2) is 5.00. The molecule has 18 heavy (non-hydrogen) atoms. The number of benzene rings is 1. The number of hydrogen-bond acceptors (Lipinski definition) is 3. The van der Waals surface area contributed by atoms with Gasteiger partial charge in [0.2, 0.25) is 0 Å². The van der Waals surface area contributed by atoms with Gasteiger partial charge in [-0.05, 0) is 49.2 Å². The van der Waals surface area contributed by atoms with Gasteiger partial charge in [-0.2, -0.15) is 0 Å². The minimum absolute atomic E-state index is 0.257. The zero-order valence-corrected chi connectivity index (χ0v) is 11.4. The van der Waals surface area contributed by atoms with Gasteiger partial charge in [0, 0.05) is 5.02 Å². The zero-order chi connectivity index (χ0) is 13.3. The number of carbonyl (C=O) groups is 1. The summed E-state index contributed by atoms with van der Waals surface area (Å²) in [5, 5.41) is 10.1. The summed E-state index contributed by atoms with van der Waals surface area (Å²) in [4.78, 5) is 11.0. The van der Waals surface area contributed by atoms with Crippen molar-refractivity contribution in [1.29, 1.82) is 0 Å². The Morgan fingerprint density at radius 3 is 2.39 bits per heavy atom. The van der Waals surface area contributed by atoms with Crippen molar-refractivity contribution in [1.82, 2.24) is 0 Å². The van der Waals surface area contributed by atoms with Gasteiger partial charge in [0.05, 0.1) is 0 Å². The van der Waals surface area contributed by atoms with E-state index >= 15 is 0 Å². The van der Waals surface area contributed by atoms with Gasteiger partial charge in [0.1, 0.15) is 10.6 Å². The van der Waals surface area contributed by atoms with Crippen LogP contribution in [0.3, 0.4) is 0 Å². The molecule has 5 heteroatoms. The van der Waals surface area contributed by atoms with Crippen molar-refractivity contribution < 1.29 is 14.6 Å². The molecule has 0 radical (unpaired) electrons. The minimum atomic E-state index is -0.946. The number of ether oxygens (including phenoxy) is 1. The first kappa shape index (κ1) is 12.9. The molecule has 0 unspecified atom stereocenters. The fourth-order valence-corrected chi connectivity index (χ4v) is 2.39. The van der Waals surface area contributed by atoms with Crippen LogP contribution in [0, 0.1) is 13.8 Å². The molecule has 0 saturated heterocycles. The summed E-state index contributed by atoms with van der Waals surface area (Å²) < 4.78 is 5.62. The van der Waals surface area contributed by atoms with Gasteiger partial charge in [-0.1, -0.05) is 22.9 Å². The predicted molar refractivity (Wildman–Crippen MR) is 72.3 cm³/mol. The number of aromatic carboxylic acids is 1. The molecule has 0 spiro atoms. The lowest BCUT2D eigenvalue weighted by Crippen LogP contribution is -1.89. The molecule has 0 atom stereocenters. The van der Waals surface area contributed by atoms with E-state index in [0.717, 1.165) is 27.5 Å². The molecule has 1 aromatic heterocycles. The van der Waals surface area contributed by atoms with Crippen molar-refractivity contribution in [3.63, 3.8) is 0 Å². The predicted octanol–water partition coefficient (Wildman–Crippen LogP) is 4.51. The SMILES string of the molecule is Cc1cc(Oc2ccc(C(=O)O)s2)cc(C)c1Cl.